The molecule has 1 aliphatic rings. The molecule has 3 aromatic rings. The first kappa shape index (κ1) is 24.4. The number of halogens is 1. The summed E-state index contributed by atoms with van der Waals surface area (Å²) in [7, 11) is 0. The van der Waals surface area contributed by atoms with E-state index in [4.69, 9.17) is 0 Å². The van der Waals surface area contributed by atoms with E-state index in [0.29, 0.717) is 16.8 Å². The zero-order chi connectivity index (χ0) is 25.7. The van der Waals surface area contributed by atoms with Gasteiger partial charge in [0.1, 0.15) is 11.6 Å². The number of carbonyl (C=O) groups is 2. The van der Waals surface area contributed by atoms with Gasteiger partial charge in [-0.1, -0.05) is 51.1 Å². The van der Waals surface area contributed by atoms with Gasteiger partial charge in [-0.15, -0.1) is 0 Å². The Balaban J connectivity index is 2.00. The van der Waals surface area contributed by atoms with Gasteiger partial charge in [0, 0.05) is 11.3 Å². The van der Waals surface area contributed by atoms with Gasteiger partial charge in [0.05, 0.1) is 11.6 Å². The van der Waals surface area contributed by atoms with Crippen molar-refractivity contribution in [1.82, 2.24) is 0 Å². The summed E-state index contributed by atoms with van der Waals surface area (Å²) in [6.07, 6.45) is 0. The van der Waals surface area contributed by atoms with Crippen molar-refractivity contribution in [2.75, 3.05) is 4.90 Å². The number of anilines is 1. The molecule has 35 heavy (non-hydrogen) atoms. The van der Waals surface area contributed by atoms with E-state index >= 15 is 0 Å². The van der Waals surface area contributed by atoms with Crippen LogP contribution in [0.5, 0.6) is 0 Å². The molecule has 0 aliphatic carbocycles. The van der Waals surface area contributed by atoms with Gasteiger partial charge in [0.15, 0.2) is 0 Å². The van der Waals surface area contributed by atoms with Gasteiger partial charge in [0.2, 0.25) is 0 Å². The highest BCUT2D eigenvalue weighted by atomic mass is 19.1. The number of rotatable bonds is 3. The van der Waals surface area contributed by atoms with Gasteiger partial charge in [0.25, 0.3) is 11.7 Å². The minimum atomic E-state index is -0.894. The fraction of sp³-hybridized carbons (Fsp3) is 0.267. The van der Waals surface area contributed by atoms with Crippen LogP contribution in [0.1, 0.15) is 60.2 Å². The predicted octanol–water partition coefficient (Wildman–Crippen LogP) is 6.67. The molecule has 180 valence electrons. The quantitative estimate of drug-likeness (QED) is 0.263. The molecular weight excluding hydrogens is 441 g/mol. The molecule has 1 aliphatic heterocycles. The van der Waals surface area contributed by atoms with Crippen molar-refractivity contribution in [2.45, 2.75) is 53.0 Å². The predicted molar refractivity (Wildman–Crippen MR) is 137 cm³/mol. The number of amides is 1. The summed E-state index contributed by atoms with van der Waals surface area (Å²) < 4.78 is 13.8. The summed E-state index contributed by atoms with van der Waals surface area (Å²) in [5.74, 6) is -2.15. The number of Topliss-reactive ketones (excluding diaryl/α,β-unsaturated/α-hetero) is 1. The Hall–Kier alpha value is -3.73. The first-order chi connectivity index (χ1) is 16.4. The minimum absolute atomic E-state index is 0.00470. The minimum Gasteiger partial charge on any atom is -0.507 e. The average molecular weight is 472 g/mol. The van der Waals surface area contributed by atoms with Crippen LogP contribution in [0.4, 0.5) is 10.1 Å². The number of nitrogens with zero attached hydrogens (tertiary/aromatic N) is 1. The number of carbonyl (C=O) groups excluding carboxylic acids is 2. The lowest BCUT2D eigenvalue weighted by molar-refractivity contribution is -0.132. The Morgan fingerprint density at radius 1 is 0.886 bits per heavy atom. The van der Waals surface area contributed by atoms with Crippen LogP contribution in [0.15, 0.2) is 66.2 Å². The van der Waals surface area contributed by atoms with Crippen LogP contribution in [0.2, 0.25) is 0 Å². The van der Waals surface area contributed by atoms with Crippen molar-refractivity contribution < 1.29 is 19.1 Å². The molecule has 3 aromatic carbocycles. The van der Waals surface area contributed by atoms with Crippen LogP contribution in [0.3, 0.4) is 0 Å². The molecule has 4 nitrogen and oxygen atoms in total. The number of aliphatic hydroxyl groups excluding tert-OH is 1. The average Bonchev–Trinajstić information content (AvgIpc) is 3.03. The first-order valence-electron chi connectivity index (χ1n) is 11.6. The highest BCUT2D eigenvalue weighted by Gasteiger charge is 2.47. The van der Waals surface area contributed by atoms with Crippen LogP contribution in [-0.2, 0) is 15.0 Å². The molecule has 1 heterocycles. The molecule has 1 atom stereocenters. The smallest absolute Gasteiger partial charge is 0.300 e. The van der Waals surface area contributed by atoms with E-state index in [0.717, 1.165) is 22.3 Å². The second kappa shape index (κ2) is 8.81. The highest BCUT2D eigenvalue weighted by molar-refractivity contribution is 6.51. The second-order valence-electron chi connectivity index (χ2n) is 10.3. The Kier molecular flexibility index (Phi) is 6.14. The maximum atomic E-state index is 13.8. The van der Waals surface area contributed by atoms with Crippen molar-refractivity contribution in [2.24, 2.45) is 0 Å². The number of aryl methyl sites for hydroxylation is 3. The van der Waals surface area contributed by atoms with Gasteiger partial charge < -0.3 is 5.11 Å². The molecular formula is C30H30FNO3. The van der Waals surface area contributed by atoms with Gasteiger partial charge >= 0.3 is 0 Å². The molecule has 5 heteroatoms. The topological polar surface area (TPSA) is 57.6 Å². The molecule has 0 spiro atoms. The summed E-state index contributed by atoms with van der Waals surface area (Å²) >= 11 is 0. The summed E-state index contributed by atoms with van der Waals surface area (Å²) in [6, 6.07) is 16.2. The van der Waals surface area contributed by atoms with Crippen LogP contribution >= 0.6 is 0 Å². The zero-order valence-electron chi connectivity index (χ0n) is 20.9. The van der Waals surface area contributed by atoms with E-state index in [1.54, 1.807) is 12.1 Å². The molecule has 1 unspecified atom stereocenters. The van der Waals surface area contributed by atoms with Crippen molar-refractivity contribution in [3.05, 3.63) is 105 Å². The van der Waals surface area contributed by atoms with E-state index in [1.165, 1.54) is 17.0 Å². The van der Waals surface area contributed by atoms with Crippen molar-refractivity contribution in [3.8, 4) is 0 Å². The molecule has 0 aromatic heterocycles. The standard InChI is InChI=1S/C30H30FNO3/c1-17-13-18(2)15-23(14-17)32-26(20-8-11-22(31)12-9-20)25(28(34)29(32)35)27(33)24-16-21(30(4,5)6)10-7-19(24)3/h7-16,26,33H,1-6H3/b27-25+. The van der Waals surface area contributed by atoms with Crippen molar-refractivity contribution in [1.29, 1.82) is 0 Å². The number of hydrogen-bond acceptors (Lipinski definition) is 3. The summed E-state index contributed by atoms with van der Waals surface area (Å²) in [5, 5.41) is 11.5. The fourth-order valence-corrected chi connectivity index (χ4v) is 4.64. The summed E-state index contributed by atoms with van der Waals surface area (Å²) in [5.41, 5.74) is 5.07. The van der Waals surface area contributed by atoms with Crippen LogP contribution in [0.25, 0.3) is 5.76 Å². The molecule has 0 saturated carbocycles. The Labute approximate surface area is 205 Å². The van der Waals surface area contributed by atoms with Gasteiger partial charge in [-0.05, 0) is 84.3 Å². The molecule has 0 bridgehead atoms. The molecule has 1 N–H and O–H groups in total. The normalized spacial score (nSPS) is 17.8. The van der Waals surface area contributed by atoms with Crippen LogP contribution in [0, 0.1) is 26.6 Å². The third kappa shape index (κ3) is 4.51. The number of benzene rings is 3. The number of ketones is 1. The van der Waals surface area contributed by atoms with Crippen molar-refractivity contribution >= 4 is 23.1 Å². The molecule has 1 amide bonds. The molecule has 4 rings (SSSR count). The fourth-order valence-electron chi connectivity index (χ4n) is 4.64. The van der Waals surface area contributed by atoms with E-state index in [9.17, 15) is 19.1 Å². The van der Waals surface area contributed by atoms with E-state index < -0.39 is 23.5 Å². The highest BCUT2D eigenvalue weighted by Crippen LogP contribution is 2.43. The number of aliphatic hydroxyl groups is 1. The van der Waals surface area contributed by atoms with Crippen LogP contribution < -0.4 is 4.90 Å². The van der Waals surface area contributed by atoms with E-state index in [2.05, 4.69) is 20.8 Å². The maximum Gasteiger partial charge on any atom is 0.300 e. The SMILES string of the molecule is Cc1cc(C)cc(N2C(=O)C(=O)/C(=C(/O)c3cc(C(C)(C)C)ccc3C)C2c2ccc(F)cc2)c1. The molecule has 0 radical (unpaired) electrons. The van der Waals surface area contributed by atoms with Gasteiger partial charge in [-0.25, -0.2) is 4.39 Å². The maximum absolute atomic E-state index is 13.8. The lowest BCUT2D eigenvalue weighted by Gasteiger charge is -2.26. The Bertz CT molecular complexity index is 1340. The van der Waals surface area contributed by atoms with E-state index in [1.807, 2.05) is 57.2 Å². The lowest BCUT2D eigenvalue weighted by atomic mass is 9.84. The van der Waals surface area contributed by atoms with Gasteiger partial charge in [-0.3, -0.25) is 14.5 Å². The zero-order valence-corrected chi connectivity index (χ0v) is 20.9. The lowest BCUT2D eigenvalue weighted by Crippen LogP contribution is -2.29. The first-order valence-corrected chi connectivity index (χ1v) is 11.6. The largest absolute Gasteiger partial charge is 0.507 e. The van der Waals surface area contributed by atoms with E-state index in [-0.39, 0.29) is 16.7 Å². The monoisotopic (exact) mass is 471 g/mol. The second-order valence-corrected chi connectivity index (χ2v) is 10.3. The van der Waals surface area contributed by atoms with Gasteiger partial charge in [-0.2, -0.15) is 0 Å². The summed E-state index contributed by atoms with van der Waals surface area (Å²) in [6.45, 7) is 11.9. The van der Waals surface area contributed by atoms with Crippen molar-refractivity contribution in [3.63, 3.8) is 0 Å². The molecule has 1 saturated heterocycles. The number of hydrogen-bond donors (Lipinski definition) is 1. The third-order valence-electron chi connectivity index (χ3n) is 6.47. The van der Waals surface area contributed by atoms with Crippen LogP contribution in [-0.4, -0.2) is 16.8 Å². The Morgan fingerprint density at radius 3 is 2.06 bits per heavy atom. The Morgan fingerprint density at radius 2 is 1.49 bits per heavy atom. The summed E-state index contributed by atoms with van der Waals surface area (Å²) in [4.78, 5) is 28.2. The third-order valence-corrected chi connectivity index (χ3v) is 6.47. The molecule has 1 fully saturated rings.